The van der Waals surface area contributed by atoms with Crippen molar-refractivity contribution in [2.45, 2.75) is 13.8 Å². The summed E-state index contributed by atoms with van der Waals surface area (Å²) in [5.74, 6) is 1.08. The molecular weight excluding hydrogens is 335 g/mol. The van der Waals surface area contributed by atoms with E-state index in [-0.39, 0.29) is 5.82 Å². The molecule has 0 saturated carbocycles. The third-order valence-corrected chi connectivity index (χ3v) is 4.70. The van der Waals surface area contributed by atoms with Crippen molar-refractivity contribution in [2.75, 3.05) is 5.32 Å². The topological polar surface area (TPSA) is 50.7 Å². The molecule has 0 amide bonds. The number of benzene rings is 2. The summed E-state index contributed by atoms with van der Waals surface area (Å²) < 4.78 is 14.1. The molecule has 0 atom stereocenters. The van der Waals surface area contributed by atoms with Crippen molar-refractivity contribution in [3.8, 4) is 11.3 Å². The first-order valence-corrected chi connectivity index (χ1v) is 8.64. The molecule has 0 spiro atoms. The number of nitrogens with zero attached hydrogens (tertiary/aromatic N) is 3. The zero-order valence-corrected chi connectivity index (χ0v) is 14.6. The lowest BCUT2D eigenvalue weighted by Gasteiger charge is -2.07. The number of hydrogen-bond acceptors (Lipinski definition) is 5. The summed E-state index contributed by atoms with van der Waals surface area (Å²) in [7, 11) is 0. The molecule has 2 heterocycles. The first kappa shape index (κ1) is 15.7. The minimum Gasteiger partial charge on any atom is -0.316 e. The average Bonchev–Trinajstić information content (AvgIpc) is 2.96. The predicted octanol–water partition coefficient (Wildman–Crippen LogP) is 5.25. The number of nitrogens with one attached hydrogen (secondary N) is 1. The Morgan fingerprint density at radius 2 is 1.72 bits per heavy atom. The van der Waals surface area contributed by atoms with E-state index in [4.69, 9.17) is 0 Å². The summed E-state index contributed by atoms with van der Waals surface area (Å²) >= 11 is 1.39. The van der Waals surface area contributed by atoms with Crippen molar-refractivity contribution in [2.24, 2.45) is 0 Å². The van der Waals surface area contributed by atoms with Crippen molar-refractivity contribution in [1.29, 1.82) is 0 Å². The number of aromatic nitrogens is 3. The van der Waals surface area contributed by atoms with Crippen molar-refractivity contribution in [3.05, 3.63) is 65.7 Å². The van der Waals surface area contributed by atoms with E-state index in [0.29, 0.717) is 16.8 Å². The number of aryl methyl sites for hydroxylation is 2. The fraction of sp³-hybridized carbons (Fsp3) is 0.105. The molecule has 0 bridgehead atoms. The fourth-order valence-electron chi connectivity index (χ4n) is 2.57. The standard InChI is InChI=1S/C19H15FN4S/c1-11-3-5-13(6-4-11)16-10-18(22-12(2)21-16)24-19-23-15-8-7-14(20)9-17(15)25-19/h3-10H,1-2H3,(H,21,22,23,24). The van der Waals surface area contributed by atoms with E-state index >= 15 is 0 Å². The molecule has 4 rings (SSSR count). The molecular formula is C19H15FN4S. The van der Waals surface area contributed by atoms with Crippen LogP contribution in [0, 0.1) is 19.7 Å². The predicted molar refractivity (Wildman–Crippen MR) is 99.8 cm³/mol. The van der Waals surface area contributed by atoms with Crippen LogP contribution in [0.2, 0.25) is 0 Å². The van der Waals surface area contributed by atoms with Gasteiger partial charge in [-0.3, -0.25) is 0 Å². The Bertz CT molecular complexity index is 1060. The van der Waals surface area contributed by atoms with E-state index < -0.39 is 0 Å². The summed E-state index contributed by atoms with van der Waals surface area (Å²) in [6.07, 6.45) is 0. The molecule has 0 aliphatic carbocycles. The highest BCUT2D eigenvalue weighted by atomic mass is 32.1. The summed E-state index contributed by atoms with van der Waals surface area (Å²) in [6.45, 7) is 3.91. The van der Waals surface area contributed by atoms with Gasteiger partial charge in [0.2, 0.25) is 0 Å². The normalized spacial score (nSPS) is 11.0. The zero-order valence-electron chi connectivity index (χ0n) is 13.7. The monoisotopic (exact) mass is 350 g/mol. The average molecular weight is 350 g/mol. The highest BCUT2D eigenvalue weighted by Gasteiger charge is 2.09. The Labute approximate surface area is 148 Å². The maximum absolute atomic E-state index is 13.3. The van der Waals surface area contributed by atoms with Crippen LogP contribution in [0.5, 0.6) is 0 Å². The molecule has 4 nitrogen and oxygen atoms in total. The molecule has 1 N–H and O–H groups in total. The van der Waals surface area contributed by atoms with Crippen LogP contribution in [-0.4, -0.2) is 15.0 Å². The summed E-state index contributed by atoms with van der Waals surface area (Å²) in [4.78, 5) is 13.4. The Balaban J connectivity index is 1.68. The second kappa shape index (κ2) is 6.22. The van der Waals surface area contributed by atoms with Gasteiger partial charge < -0.3 is 5.32 Å². The number of hydrogen-bond donors (Lipinski definition) is 1. The van der Waals surface area contributed by atoms with Gasteiger partial charge in [-0.1, -0.05) is 41.2 Å². The van der Waals surface area contributed by atoms with Crippen LogP contribution < -0.4 is 5.32 Å². The molecule has 0 unspecified atom stereocenters. The lowest BCUT2D eigenvalue weighted by molar-refractivity contribution is 0.630. The molecule has 4 aromatic rings. The van der Waals surface area contributed by atoms with Crippen molar-refractivity contribution < 1.29 is 4.39 Å². The number of halogens is 1. The van der Waals surface area contributed by atoms with Gasteiger partial charge >= 0.3 is 0 Å². The number of thiazole rings is 1. The van der Waals surface area contributed by atoms with Gasteiger partial charge in [-0.2, -0.15) is 0 Å². The van der Waals surface area contributed by atoms with Gasteiger partial charge in [-0.05, 0) is 32.0 Å². The van der Waals surface area contributed by atoms with E-state index in [1.807, 2.05) is 25.1 Å². The maximum atomic E-state index is 13.3. The van der Waals surface area contributed by atoms with E-state index in [0.717, 1.165) is 21.5 Å². The van der Waals surface area contributed by atoms with Gasteiger partial charge in [-0.25, -0.2) is 19.3 Å². The van der Waals surface area contributed by atoms with Crippen molar-refractivity contribution >= 4 is 32.5 Å². The Hall–Kier alpha value is -2.86. The molecule has 0 fully saturated rings. The summed E-state index contributed by atoms with van der Waals surface area (Å²) in [5.41, 5.74) is 3.85. The molecule has 0 aliphatic heterocycles. The third-order valence-electron chi connectivity index (χ3n) is 3.77. The largest absolute Gasteiger partial charge is 0.316 e. The zero-order chi connectivity index (χ0) is 17.4. The molecule has 2 aromatic carbocycles. The van der Waals surface area contributed by atoms with Crippen molar-refractivity contribution in [1.82, 2.24) is 15.0 Å². The van der Waals surface area contributed by atoms with Gasteiger partial charge in [0.25, 0.3) is 0 Å². The van der Waals surface area contributed by atoms with Crippen molar-refractivity contribution in [3.63, 3.8) is 0 Å². The van der Waals surface area contributed by atoms with Crippen LogP contribution >= 0.6 is 11.3 Å². The van der Waals surface area contributed by atoms with Crippen LogP contribution in [-0.2, 0) is 0 Å². The molecule has 0 saturated heterocycles. The molecule has 0 radical (unpaired) electrons. The molecule has 124 valence electrons. The Morgan fingerprint density at radius 3 is 2.52 bits per heavy atom. The van der Waals surface area contributed by atoms with Gasteiger partial charge in [0.05, 0.1) is 15.9 Å². The highest BCUT2D eigenvalue weighted by molar-refractivity contribution is 7.22. The summed E-state index contributed by atoms with van der Waals surface area (Å²) in [5, 5.41) is 3.88. The first-order valence-electron chi connectivity index (χ1n) is 7.83. The van der Waals surface area contributed by atoms with Gasteiger partial charge in [0, 0.05) is 11.6 Å². The van der Waals surface area contributed by atoms with Gasteiger partial charge in [0.1, 0.15) is 17.5 Å². The third kappa shape index (κ3) is 3.34. The SMILES string of the molecule is Cc1ccc(-c2cc(Nc3nc4ccc(F)cc4s3)nc(C)n2)cc1. The number of rotatable bonds is 3. The quantitative estimate of drug-likeness (QED) is 0.548. The maximum Gasteiger partial charge on any atom is 0.189 e. The van der Waals surface area contributed by atoms with Crippen LogP contribution in [0.25, 0.3) is 21.5 Å². The lowest BCUT2D eigenvalue weighted by Crippen LogP contribution is -1.98. The van der Waals surface area contributed by atoms with E-state index in [1.165, 1.54) is 29.0 Å². The van der Waals surface area contributed by atoms with Crippen LogP contribution in [0.4, 0.5) is 15.3 Å². The minimum atomic E-state index is -0.262. The highest BCUT2D eigenvalue weighted by Crippen LogP contribution is 2.29. The van der Waals surface area contributed by atoms with E-state index in [9.17, 15) is 4.39 Å². The number of fused-ring (bicyclic) bond motifs is 1. The van der Waals surface area contributed by atoms with Gasteiger partial charge in [0.15, 0.2) is 5.13 Å². The van der Waals surface area contributed by atoms with E-state index in [1.54, 1.807) is 6.07 Å². The van der Waals surface area contributed by atoms with Crippen LogP contribution in [0.1, 0.15) is 11.4 Å². The smallest absolute Gasteiger partial charge is 0.189 e. The second-order valence-electron chi connectivity index (χ2n) is 5.81. The molecule has 6 heteroatoms. The Morgan fingerprint density at radius 1 is 0.920 bits per heavy atom. The minimum absolute atomic E-state index is 0.262. The van der Waals surface area contributed by atoms with E-state index in [2.05, 4.69) is 39.3 Å². The summed E-state index contributed by atoms with van der Waals surface area (Å²) in [6, 6.07) is 14.7. The van der Waals surface area contributed by atoms with Crippen LogP contribution in [0.15, 0.2) is 48.5 Å². The lowest BCUT2D eigenvalue weighted by atomic mass is 10.1. The molecule has 0 aliphatic rings. The van der Waals surface area contributed by atoms with Gasteiger partial charge in [-0.15, -0.1) is 0 Å². The molecule has 2 aromatic heterocycles. The van der Waals surface area contributed by atoms with Crippen LogP contribution in [0.3, 0.4) is 0 Å². The fourth-order valence-corrected chi connectivity index (χ4v) is 3.46. The Kier molecular flexibility index (Phi) is 3.89. The second-order valence-corrected chi connectivity index (χ2v) is 6.84. The first-order chi connectivity index (χ1) is 12.1. The molecule has 25 heavy (non-hydrogen) atoms. The number of anilines is 2.